The molecule has 0 aromatic carbocycles. The molecule has 2 aromatic rings. The van der Waals surface area contributed by atoms with Gasteiger partial charge in [0.05, 0.1) is 0 Å². The summed E-state index contributed by atoms with van der Waals surface area (Å²) in [7, 11) is 0. The van der Waals surface area contributed by atoms with Gasteiger partial charge in [-0.15, -0.1) is 10.2 Å². The van der Waals surface area contributed by atoms with E-state index in [1.165, 1.54) is 0 Å². The zero-order valence-corrected chi connectivity index (χ0v) is 11.0. The second kappa shape index (κ2) is 6.07. The predicted molar refractivity (Wildman–Crippen MR) is 67.5 cm³/mol. The molecule has 8 nitrogen and oxygen atoms in total. The molecule has 1 amide bonds. The van der Waals surface area contributed by atoms with Crippen LogP contribution in [0, 0.1) is 6.92 Å². The van der Waals surface area contributed by atoms with Gasteiger partial charge >= 0.3 is 0 Å². The minimum Gasteiger partial charge on any atom is -0.351 e. The van der Waals surface area contributed by atoms with E-state index in [4.69, 9.17) is 0 Å². The molecule has 8 heteroatoms. The molecule has 3 N–H and O–H groups in total. The third-order valence-corrected chi connectivity index (χ3v) is 2.93. The summed E-state index contributed by atoms with van der Waals surface area (Å²) < 4.78 is 0. The van der Waals surface area contributed by atoms with E-state index in [2.05, 4.69) is 36.1 Å². The van der Waals surface area contributed by atoms with Gasteiger partial charge in [0.1, 0.15) is 0 Å². The molecule has 0 unspecified atom stereocenters. The fraction of sp³-hybridized carbons (Fsp3) is 0.545. The summed E-state index contributed by atoms with van der Waals surface area (Å²) in [5, 5.41) is 23.3. The third-order valence-electron chi connectivity index (χ3n) is 2.93. The first-order chi connectivity index (χ1) is 9.22. The highest BCUT2D eigenvalue weighted by Gasteiger charge is 2.14. The number of tetrazole rings is 1. The van der Waals surface area contributed by atoms with Gasteiger partial charge in [0.2, 0.25) is 0 Å². The molecule has 19 heavy (non-hydrogen) atoms. The molecule has 2 heterocycles. The predicted octanol–water partition coefficient (Wildman–Crippen LogP) is 0.156. The molecule has 0 fully saturated rings. The Morgan fingerprint density at radius 2 is 2.21 bits per heavy atom. The molecule has 0 aliphatic rings. The molecule has 2 rings (SSSR count). The number of hydrogen-bond donors (Lipinski definition) is 3. The van der Waals surface area contributed by atoms with Gasteiger partial charge in [-0.05, 0) is 19.8 Å². The lowest BCUT2D eigenvalue weighted by Gasteiger charge is -2.02. The largest absolute Gasteiger partial charge is 0.351 e. The van der Waals surface area contributed by atoms with Crippen LogP contribution in [0.3, 0.4) is 0 Å². The van der Waals surface area contributed by atoms with Crippen LogP contribution in [0.15, 0.2) is 0 Å². The molecule has 0 saturated heterocycles. The van der Waals surface area contributed by atoms with E-state index < -0.39 is 0 Å². The van der Waals surface area contributed by atoms with Crippen LogP contribution in [-0.4, -0.2) is 43.3 Å². The van der Waals surface area contributed by atoms with Crippen LogP contribution in [0.25, 0.3) is 0 Å². The fourth-order valence-electron chi connectivity index (χ4n) is 1.82. The van der Waals surface area contributed by atoms with E-state index in [0.717, 1.165) is 24.1 Å². The van der Waals surface area contributed by atoms with Crippen LogP contribution in [0.2, 0.25) is 0 Å². The van der Waals surface area contributed by atoms with Crippen molar-refractivity contribution in [3.8, 4) is 0 Å². The zero-order valence-electron chi connectivity index (χ0n) is 11.0. The van der Waals surface area contributed by atoms with Gasteiger partial charge in [-0.3, -0.25) is 9.89 Å². The van der Waals surface area contributed by atoms with Gasteiger partial charge in [0.25, 0.3) is 5.91 Å². The van der Waals surface area contributed by atoms with Gasteiger partial charge < -0.3 is 5.32 Å². The summed E-state index contributed by atoms with van der Waals surface area (Å²) in [4.78, 5) is 11.9. The Hall–Kier alpha value is -2.25. The maximum atomic E-state index is 11.9. The Morgan fingerprint density at radius 1 is 1.37 bits per heavy atom. The SMILES string of the molecule is CCc1[nH]nc(C(=O)NCCCc2nn[nH]n2)c1C. The second-order valence-corrected chi connectivity index (χ2v) is 4.22. The first-order valence-corrected chi connectivity index (χ1v) is 6.26. The number of aryl methyl sites for hydroxylation is 2. The van der Waals surface area contributed by atoms with Crippen LogP contribution in [0.1, 0.15) is 40.9 Å². The summed E-state index contributed by atoms with van der Waals surface area (Å²) >= 11 is 0. The van der Waals surface area contributed by atoms with E-state index >= 15 is 0 Å². The second-order valence-electron chi connectivity index (χ2n) is 4.22. The highest BCUT2D eigenvalue weighted by Crippen LogP contribution is 2.09. The number of carbonyl (C=O) groups is 1. The van der Waals surface area contributed by atoms with Crippen LogP contribution in [-0.2, 0) is 12.8 Å². The lowest BCUT2D eigenvalue weighted by molar-refractivity contribution is 0.0947. The molecule has 0 radical (unpaired) electrons. The lowest BCUT2D eigenvalue weighted by atomic mass is 10.1. The molecule has 2 aromatic heterocycles. The summed E-state index contributed by atoms with van der Waals surface area (Å²) in [6.07, 6.45) is 2.27. The Labute approximate surface area is 110 Å². The molecule has 0 bridgehead atoms. The van der Waals surface area contributed by atoms with E-state index in [0.29, 0.717) is 24.5 Å². The van der Waals surface area contributed by atoms with Gasteiger partial charge in [-0.2, -0.15) is 10.3 Å². The van der Waals surface area contributed by atoms with Crippen LogP contribution in [0.4, 0.5) is 0 Å². The van der Waals surface area contributed by atoms with Crippen molar-refractivity contribution in [3.63, 3.8) is 0 Å². The number of aromatic nitrogens is 6. The number of H-pyrrole nitrogens is 2. The van der Waals surface area contributed by atoms with Crippen molar-refractivity contribution >= 4 is 5.91 Å². The average molecular weight is 263 g/mol. The number of amides is 1. The number of nitrogens with zero attached hydrogens (tertiary/aromatic N) is 4. The fourth-order valence-corrected chi connectivity index (χ4v) is 1.82. The topological polar surface area (TPSA) is 112 Å². The number of carbonyl (C=O) groups excluding carboxylic acids is 1. The lowest BCUT2D eigenvalue weighted by Crippen LogP contribution is -2.25. The minimum absolute atomic E-state index is 0.151. The molecule has 0 spiro atoms. The number of aromatic amines is 2. The summed E-state index contributed by atoms with van der Waals surface area (Å²) in [6, 6.07) is 0. The molecule has 0 saturated carbocycles. The molecule has 102 valence electrons. The Morgan fingerprint density at radius 3 is 2.84 bits per heavy atom. The maximum Gasteiger partial charge on any atom is 0.272 e. The quantitative estimate of drug-likeness (QED) is 0.642. The highest BCUT2D eigenvalue weighted by atomic mass is 16.1. The maximum absolute atomic E-state index is 11.9. The first kappa shape index (κ1) is 13.2. The van der Waals surface area contributed by atoms with E-state index in [1.807, 2.05) is 13.8 Å². The van der Waals surface area contributed by atoms with E-state index in [1.54, 1.807) is 0 Å². The zero-order chi connectivity index (χ0) is 13.7. The van der Waals surface area contributed by atoms with Crippen molar-refractivity contribution in [1.29, 1.82) is 0 Å². The van der Waals surface area contributed by atoms with Crippen LogP contribution < -0.4 is 5.32 Å². The van der Waals surface area contributed by atoms with E-state index in [-0.39, 0.29) is 5.91 Å². The first-order valence-electron chi connectivity index (χ1n) is 6.26. The number of rotatable bonds is 6. The smallest absolute Gasteiger partial charge is 0.272 e. The Kier molecular flexibility index (Phi) is 4.22. The van der Waals surface area contributed by atoms with Crippen LogP contribution >= 0.6 is 0 Å². The van der Waals surface area contributed by atoms with Gasteiger partial charge in [-0.1, -0.05) is 12.1 Å². The van der Waals surface area contributed by atoms with Crippen molar-refractivity contribution in [2.45, 2.75) is 33.1 Å². The van der Waals surface area contributed by atoms with Crippen molar-refractivity contribution in [1.82, 2.24) is 36.1 Å². The van der Waals surface area contributed by atoms with Gasteiger partial charge in [0.15, 0.2) is 11.5 Å². The molecule has 0 aliphatic heterocycles. The van der Waals surface area contributed by atoms with Crippen molar-refractivity contribution < 1.29 is 4.79 Å². The number of nitrogens with one attached hydrogen (secondary N) is 3. The van der Waals surface area contributed by atoms with Crippen molar-refractivity contribution in [3.05, 3.63) is 22.8 Å². The number of hydrogen-bond acceptors (Lipinski definition) is 5. The third kappa shape index (κ3) is 3.15. The van der Waals surface area contributed by atoms with Crippen LogP contribution in [0.5, 0.6) is 0 Å². The normalized spacial score (nSPS) is 10.6. The molecular formula is C11H17N7O. The average Bonchev–Trinajstić information content (AvgIpc) is 3.03. The van der Waals surface area contributed by atoms with E-state index in [9.17, 15) is 4.79 Å². The standard InChI is InChI=1S/C11H17N7O/c1-3-8-7(2)10(16-13-8)11(19)12-6-4-5-9-14-17-18-15-9/h3-6H2,1-2H3,(H,12,19)(H,13,16)(H,14,15,17,18). The highest BCUT2D eigenvalue weighted by molar-refractivity contribution is 5.93. The van der Waals surface area contributed by atoms with Crippen molar-refractivity contribution in [2.75, 3.05) is 6.54 Å². The van der Waals surface area contributed by atoms with Gasteiger partial charge in [-0.25, -0.2) is 0 Å². The summed E-state index contributed by atoms with van der Waals surface area (Å²) in [5.74, 6) is 0.500. The monoisotopic (exact) mass is 263 g/mol. The van der Waals surface area contributed by atoms with Crippen molar-refractivity contribution in [2.24, 2.45) is 0 Å². The summed E-state index contributed by atoms with van der Waals surface area (Å²) in [6.45, 7) is 4.48. The Bertz CT molecular complexity index is 531. The molecule has 0 aliphatic carbocycles. The summed E-state index contributed by atoms with van der Waals surface area (Å²) in [5.41, 5.74) is 2.38. The molecular weight excluding hydrogens is 246 g/mol. The van der Waals surface area contributed by atoms with Gasteiger partial charge in [0, 0.05) is 24.2 Å². The minimum atomic E-state index is -0.151. The Balaban J connectivity index is 1.79. The molecule has 0 atom stereocenters.